The highest BCUT2D eigenvalue weighted by Gasteiger charge is 2.44. The van der Waals surface area contributed by atoms with Gasteiger partial charge in [-0.1, -0.05) is 32.0 Å². The Morgan fingerprint density at radius 1 is 1.24 bits per heavy atom. The molecule has 0 spiro atoms. The number of fused-ring (bicyclic) bond motifs is 1. The number of hydrogen-bond acceptors (Lipinski definition) is 2. The Morgan fingerprint density at radius 2 is 1.96 bits per heavy atom. The molecule has 0 aliphatic heterocycles. The van der Waals surface area contributed by atoms with Gasteiger partial charge in [0.1, 0.15) is 11.4 Å². The first-order valence-electron chi connectivity index (χ1n) is 8.68. The van der Waals surface area contributed by atoms with Gasteiger partial charge in [0.25, 0.3) is 0 Å². The Bertz CT molecular complexity index is 816. The van der Waals surface area contributed by atoms with E-state index in [1.54, 1.807) is 6.07 Å². The maximum Gasteiger partial charge on any atom is 0.330 e. The topological polar surface area (TPSA) is 49.3 Å². The number of nitrogens with one attached hydrogen (secondary N) is 1. The highest BCUT2D eigenvalue weighted by atomic mass is 19.1. The zero-order valence-corrected chi connectivity index (χ0v) is 14.9. The highest BCUT2D eigenvalue weighted by molar-refractivity contribution is 5.85. The zero-order valence-electron chi connectivity index (χ0n) is 14.9. The lowest BCUT2D eigenvalue weighted by atomic mass is 9.92. The molecule has 25 heavy (non-hydrogen) atoms. The zero-order chi connectivity index (χ0) is 18.2. The van der Waals surface area contributed by atoms with Crippen molar-refractivity contribution in [1.82, 2.24) is 0 Å². The summed E-state index contributed by atoms with van der Waals surface area (Å²) in [6, 6.07) is 10.5. The van der Waals surface area contributed by atoms with Crippen molar-refractivity contribution in [2.45, 2.75) is 45.6 Å². The van der Waals surface area contributed by atoms with Gasteiger partial charge in [-0.05, 0) is 59.7 Å². The Hall–Kier alpha value is -2.36. The van der Waals surface area contributed by atoms with Crippen molar-refractivity contribution in [1.29, 1.82) is 0 Å². The van der Waals surface area contributed by atoms with Gasteiger partial charge < -0.3 is 10.4 Å². The molecule has 3 nitrogen and oxygen atoms in total. The van der Waals surface area contributed by atoms with Gasteiger partial charge in [0.05, 0.1) is 0 Å². The van der Waals surface area contributed by atoms with Crippen LogP contribution in [0.1, 0.15) is 36.1 Å². The fraction of sp³-hybridized carbons (Fsp3) is 0.381. The van der Waals surface area contributed by atoms with E-state index in [9.17, 15) is 14.3 Å². The molecule has 0 heterocycles. The van der Waals surface area contributed by atoms with Gasteiger partial charge in [-0.3, -0.25) is 0 Å². The number of carboxylic acid groups (broad SMARTS) is 1. The number of carboxylic acids is 1. The van der Waals surface area contributed by atoms with Crippen LogP contribution in [0.2, 0.25) is 0 Å². The average molecular weight is 341 g/mol. The molecule has 0 aromatic heterocycles. The van der Waals surface area contributed by atoms with Crippen molar-refractivity contribution >= 4 is 11.7 Å². The van der Waals surface area contributed by atoms with Gasteiger partial charge in [0.2, 0.25) is 0 Å². The van der Waals surface area contributed by atoms with Gasteiger partial charge in [-0.2, -0.15) is 0 Å². The first-order chi connectivity index (χ1) is 11.8. The Kier molecular flexibility index (Phi) is 4.55. The number of benzene rings is 2. The minimum Gasteiger partial charge on any atom is -0.479 e. The van der Waals surface area contributed by atoms with Crippen LogP contribution in [-0.2, 0) is 24.1 Å². The van der Waals surface area contributed by atoms with Crippen LogP contribution in [-0.4, -0.2) is 16.6 Å². The standard InChI is InChI=1S/C21H24FNO2/c1-13(2)9-18-14(3)5-4-6-19(18)23-21(20(24)25)11-15-7-8-17(22)10-16(15)12-21/h4-8,10,13,23H,9,11-12H2,1-3H3,(H,24,25). The molecule has 4 heteroatoms. The van der Waals surface area contributed by atoms with Crippen LogP contribution >= 0.6 is 0 Å². The average Bonchev–Trinajstić information content (AvgIpc) is 2.89. The number of aliphatic carboxylic acids is 1. The molecule has 2 aromatic rings. The molecule has 1 aliphatic carbocycles. The van der Waals surface area contributed by atoms with Crippen LogP contribution < -0.4 is 5.32 Å². The minimum absolute atomic E-state index is 0.282. The predicted molar refractivity (Wildman–Crippen MR) is 97.5 cm³/mol. The molecule has 0 amide bonds. The van der Waals surface area contributed by atoms with Crippen LogP contribution in [0.15, 0.2) is 36.4 Å². The summed E-state index contributed by atoms with van der Waals surface area (Å²) < 4.78 is 13.5. The van der Waals surface area contributed by atoms with Crippen LogP contribution in [0.3, 0.4) is 0 Å². The molecule has 0 saturated heterocycles. The molecule has 3 rings (SSSR count). The third-order valence-corrected chi connectivity index (χ3v) is 4.96. The van der Waals surface area contributed by atoms with Gasteiger partial charge >= 0.3 is 5.97 Å². The molecule has 0 fully saturated rings. The molecule has 0 bridgehead atoms. The summed E-state index contributed by atoms with van der Waals surface area (Å²) >= 11 is 0. The second-order valence-electron chi connectivity index (χ2n) is 7.48. The summed E-state index contributed by atoms with van der Waals surface area (Å²) in [5.74, 6) is -0.755. The molecule has 2 aromatic carbocycles. The number of halogens is 1. The van der Waals surface area contributed by atoms with Gasteiger partial charge in [0, 0.05) is 18.5 Å². The Morgan fingerprint density at radius 3 is 2.64 bits per heavy atom. The monoisotopic (exact) mass is 341 g/mol. The van der Waals surface area contributed by atoms with Gasteiger partial charge in [0.15, 0.2) is 0 Å². The Labute approximate surface area is 147 Å². The summed E-state index contributed by atoms with van der Waals surface area (Å²) in [4.78, 5) is 12.1. The van der Waals surface area contributed by atoms with E-state index in [4.69, 9.17) is 0 Å². The largest absolute Gasteiger partial charge is 0.479 e. The van der Waals surface area contributed by atoms with Crippen LogP contribution in [0.5, 0.6) is 0 Å². The molecular formula is C21H24FNO2. The second kappa shape index (κ2) is 6.51. The number of anilines is 1. The van der Waals surface area contributed by atoms with Crippen molar-refractivity contribution < 1.29 is 14.3 Å². The maximum atomic E-state index is 13.5. The van der Waals surface area contributed by atoms with Gasteiger partial charge in [-0.15, -0.1) is 0 Å². The summed E-state index contributed by atoms with van der Waals surface area (Å²) in [7, 11) is 0. The minimum atomic E-state index is -1.13. The third-order valence-electron chi connectivity index (χ3n) is 4.96. The normalized spacial score (nSPS) is 19.1. The molecular weight excluding hydrogens is 317 g/mol. The van der Waals surface area contributed by atoms with E-state index in [-0.39, 0.29) is 12.2 Å². The second-order valence-corrected chi connectivity index (χ2v) is 7.48. The smallest absolute Gasteiger partial charge is 0.330 e. The van der Waals surface area contributed by atoms with Crippen molar-refractivity contribution in [2.75, 3.05) is 5.32 Å². The van der Waals surface area contributed by atoms with Crippen molar-refractivity contribution in [3.8, 4) is 0 Å². The van der Waals surface area contributed by atoms with Crippen molar-refractivity contribution in [3.05, 3.63) is 64.5 Å². The Balaban J connectivity index is 1.98. The third kappa shape index (κ3) is 3.39. The summed E-state index contributed by atoms with van der Waals surface area (Å²) in [5.41, 5.74) is 3.71. The summed E-state index contributed by atoms with van der Waals surface area (Å²) in [5, 5.41) is 13.3. The van der Waals surface area contributed by atoms with Crippen LogP contribution in [0.25, 0.3) is 0 Å². The fourth-order valence-electron chi connectivity index (χ4n) is 3.69. The molecule has 1 atom stereocenters. The lowest BCUT2D eigenvalue weighted by Gasteiger charge is -2.29. The van der Waals surface area contributed by atoms with E-state index in [1.807, 2.05) is 12.1 Å². The van der Waals surface area contributed by atoms with E-state index in [1.165, 1.54) is 12.1 Å². The van der Waals surface area contributed by atoms with Crippen LogP contribution in [0.4, 0.5) is 10.1 Å². The molecule has 2 N–H and O–H groups in total. The SMILES string of the molecule is Cc1cccc(NC2(C(=O)O)Cc3ccc(F)cc3C2)c1CC(C)C. The van der Waals surface area contributed by atoms with Crippen LogP contribution in [0, 0.1) is 18.7 Å². The van der Waals surface area contributed by atoms with E-state index in [0.29, 0.717) is 12.3 Å². The number of carbonyl (C=O) groups is 1. The molecule has 1 unspecified atom stereocenters. The predicted octanol–water partition coefficient (Wildman–Crippen LogP) is 4.37. The molecule has 0 saturated carbocycles. The molecule has 132 valence electrons. The van der Waals surface area contributed by atoms with E-state index >= 15 is 0 Å². The van der Waals surface area contributed by atoms with Crippen molar-refractivity contribution in [2.24, 2.45) is 5.92 Å². The summed E-state index contributed by atoms with van der Waals surface area (Å²) in [6.07, 6.45) is 1.52. The number of aryl methyl sites for hydroxylation is 1. The number of rotatable bonds is 5. The summed E-state index contributed by atoms with van der Waals surface area (Å²) in [6.45, 7) is 6.35. The lowest BCUT2D eigenvalue weighted by Crippen LogP contribution is -2.47. The van der Waals surface area contributed by atoms with Crippen molar-refractivity contribution in [3.63, 3.8) is 0 Å². The first-order valence-corrected chi connectivity index (χ1v) is 8.68. The molecule has 0 radical (unpaired) electrons. The first kappa shape index (κ1) is 17.5. The quantitative estimate of drug-likeness (QED) is 0.849. The van der Waals surface area contributed by atoms with E-state index in [2.05, 4.69) is 32.2 Å². The van der Waals surface area contributed by atoms with E-state index in [0.717, 1.165) is 34.4 Å². The molecule has 1 aliphatic rings. The lowest BCUT2D eigenvalue weighted by molar-refractivity contribution is -0.142. The number of hydrogen-bond donors (Lipinski definition) is 2. The highest BCUT2D eigenvalue weighted by Crippen LogP contribution is 2.35. The van der Waals surface area contributed by atoms with E-state index < -0.39 is 11.5 Å². The fourth-order valence-corrected chi connectivity index (χ4v) is 3.69. The maximum absolute atomic E-state index is 13.5. The van der Waals surface area contributed by atoms with Gasteiger partial charge in [-0.25, -0.2) is 9.18 Å².